The molecule has 0 aliphatic carbocycles. The van der Waals surface area contributed by atoms with Crippen LogP contribution in [0.5, 0.6) is 0 Å². The van der Waals surface area contributed by atoms with Gasteiger partial charge >= 0.3 is 0 Å². The molecule has 0 aromatic heterocycles. The second kappa shape index (κ2) is 7.28. The third-order valence-corrected chi connectivity index (χ3v) is 3.59. The van der Waals surface area contributed by atoms with Gasteiger partial charge in [0.25, 0.3) is 0 Å². The van der Waals surface area contributed by atoms with E-state index in [2.05, 4.69) is 16.7 Å². The summed E-state index contributed by atoms with van der Waals surface area (Å²) in [5.74, 6) is -0.0457. The van der Waals surface area contributed by atoms with E-state index in [-0.39, 0.29) is 5.91 Å². The Bertz CT molecular complexity index is 717. The second-order valence-corrected chi connectivity index (χ2v) is 5.13. The number of rotatable bonds is 5. The van der Waals surface area contributed by atoms with Gasteiger partial charge in [-0.25, -0.2) is 0 Å². The zero-order chi connectivity index (χ0) is 15.9. The standard InChI is InChI=1S/C18H19N3O/c1-13-6-5-9-16(14(13)2)21-18(22)10-11-20-17-8-4-3-7-15(17)12-19/h3-9,20H,10-11H2,1-2H3,(H,21,22). The topological polar surface area (TPSA) is 64.9 Å². The summed E-state index contributed by atoms with van der Waals surface area (Å²) < 4.78 is 0. The third kappa shape index (κ3) is 3.86. The number of nitrogens with zero attached hydrogens (tertiary/aromatic N) is 1. The lowest BCUT2D eigenvalue weighted by atomic mass is 10.1. The number of nitrogens with one attached hydrogen (secondary N) is 2. The summed E-state index contributed by atoms with van der Waals surface area (Å²) in [5, 5.41) is 15.1. The number of hydrogen-bond donors (Lipinski definition) is 2. The molecule has 0 saturated heterocycles. The maximum Gasteiger partial charge on any atom is 0.226 e. The molecule has 0 aliphatic heterocycles. The molecule has 2 aromatic carbocycles. The van der Waals surface area contributed by atoms with E-state index in [4.69, 9.17) is 5.26 Å². The zero-order valence-electron chi connectivity index (χ0n) is 12.8. The van der Waals surface area contributed by atoms with Gasteiger partial charge in [-0.3, -0.25) is 4.79 Å². The normalized spacial score (nSPS) is 9.86. The van der Waals surface area contributed by atoms with E-state index in [0.29, 0.717) is 18.5 Å². The van der Waals surface area contributed by atoms with E-state index in [1.807, 2.05) is 50.2 Å². The van der Waals surface area contributed by atoms with Crippen molar-refractivity contribution in [2.75, 3.05) is 17.2 Å². The maximum absolute atomic E-state index is 12.0. The van der Waals surface area contributed by atoms with Crippen molar-refractivity contribution in [1.82, 2.24) is 0 Å². The van der Waals surface area contributed by atoms with Crippen LogP contribution in [0.25, 0.3) is 0 Å². The number of anilines is 2. The van der Waals surface area contributed by atoms with Crippen LogP contribution in [0.15, 0.2) is 42.5 Å². The molecule has 0 saturated carbocycles. The molecule has 0 bridgehead atoms. The lowest BCUT2D eigenvalue weighted by Crippen LogP contribution is -2.17. The van der Waals surface area contributed by atoms with Gasteiger partial charge in [-0.15, -0.1) is 0 Å². The number of nitriles is 1. The quantitative estimate of drug-likeness (QED) is 0.885. The van der Waals surface area contributed by atoms with E-state index in [0.717, 1.165) is 22.5 Å². The van der Waals surface area contributed by atoms with Gasteiger partial charge in [0.05, 0.1) is 11.3 Å². The summed E-state index contributed by atoms with van der Waals surface area (Å²) in [4.78, 5) is 12.0. The Hall–Kier alpha value is -2.80. The number of benzene rings is 2. The average Bonchev–Trinajstić information content (AvgIpc) is 2.52. The summed E-state index contributed by atoms with van der Waals surface area (Å²) in [6, 6.07) is 15.2. The highest BCUT2D eigenvalue weighted by atomic mass is 16.1. The van der Waals surface area contributed by atoms with Gasteiger partial charge in [-0.1, -0.05) is 24.3 Å². The monoisotopic (exact) mass is 293 g/mol. The number of carbonyl (C=O) groups excluding carboxylic acids is 1. The Labute approximate surface area is 130 Å². The van der Waals surface area contributed by atoms with Crippen LogP contribution in [0, 0.1) is 25.2 Å². The second-order valence-electron chi connectivity index (χ2n) is 5.13. The van der Waals surface area contributed by atoms with Crippen LogP contribution < -0.4 is 10.6 Å². The Balaban J connectivity index is 1.88. The van der Waals surface area contributed by atoms with Gasteiger partial charge in [-0.2, -0.15) is 5.26 Å². The number of carbonyl (C=O) groups is 1. The molecule has 112 valence electrons. The Morgan fingerprint density at radius 1 is 1.09 bits per heavy atom. The first-order valence-corrected chi connectivity index (χ1v) is 7.21. The number of para-hydroxylation sites is 1. The lowest BCUT2D eigenvalue weighted by molar-refractivity contribution is -0.115. The van der Waals surface area contributed by atoms with Gasteiger partial charge in [-0.05, 0) is 43.2 Å². The summed E-state index contributed by atoms with van der Waals surface area (Å²) in [5.41, 5.74) is 4.42. The molecule has 0 atom stereocenters. The molecule has 0 spiro atoms. The highest BCUT2D eigenvalue weighted by Gasteiger charge is 2.06. The molecule has 2 rings (SSSR count). The van der Waals surface area contributed by atoms with Gasteiger partial charge < -0.3 is 10.6 Å². The number of aryl methyl sites for hydroxylation is 1. The predicted octanol–water partition coefficient (Wildman–Crippen LogP) is 3.62. The van der Waals surface area contributed by atoms with Gasteiger partial charge in [0.1, 0.15) is 6.07 Å². The predicted molar refractivity (Wildman–Crippen MR) is 88.8 cm³/mol. The largest absolute Gasteiger partial charge is 0.383 e. The minimum Gasteiger partial charge on any atom is -0.383 e. The smallest absolute Gasteiger partial charge is 0.226 e. The highest BCUT2D eigenvalue weighted by Crippen LogP contribution is 2.18. The van der Waals surface area contributed by atoms with Crippen molar-refractivity contribution in [2.24, 2.45) is 0 Å². The molecule has 0 heterocycles. The summed E-state index contributed by atoms with van der Waals surface area (Å²) in [7, 11) is 0. The third-order valence-electron chi connectivity index (χ3n) is 3.59. The first-order valence-electron chi connectivity index (χ1n) is 7.21. The molecule has 0 aliphatic rings. The molecule has 0 fully saturated rings. The van der Waals surface area contributed by atoms with Crippen molar-refractivity contribution in [2.45, 2.75) is 20.3 Å². The van der Waals surface area contributed by atoms with Crippen LogP contribution in [0.1, 0.15) is 23.1 Å². The molecular formula is C18H19N3O. The average molecular weight is 293 g/mol. The fraction of sp³-hybridized carbons (Fsp3) is 0.222. The summed E-state index contributed by atoms with van der Waals surface area (Å²) in [6.07, 6.45) is 0.340. The van der Waals surface area contributed by atoms with Crippen LogP contribution in [-0.2, 0) is 4.79 Å². The van der Waals surface area contributed by atoms with Crippen molar-refractivity contribution >= 4 is 17.3 Å². The molecule has 0 radical (unpaired) electrons. The van der Waals surface area contributed by atoms with Crippen LogP contribution >= 0.6 is 0 Å². The fourth-order valence-corrected chi connectivity index (χ4v) is 2.14. The number of hydrogen-bond acceptors (Lipinski definition) is 3. The minimum atomic E-state index is -0.0457. The van der Waals surface area contributed by atoms with Gasteiger partial charge in [0, 0.05) is 18.7 Å². The van der Waals surface area contributed by atoms with Crippen molar-refractivity contribution in [3.8, 4) is 6.07 Å². The van der Waals surface area contributed by atoms with E-state index in [1.165, 1.54) is 0 Å². The molecule has 2 aromatic rings. The number of amides is 1. The van der Waals surface area contributed by atoms with E-state index in [1.54, 1.807) is 6.07 Å². The lowest BCUT2D eigenvalue weighted by Gasteiger charge is -2.11. The maximum atomic E-state index is 12.0. The highest BCUT2D eigenvalue weighted by molar-refractivity contribution is 5.92. The first-order chi connectivity index (χ1) is 10.6. The Morgan fingerprint density at radius 3 is 2.59 bits per heavy atom. The van der Waals surface area contributed by atoms with E-state index >= 15 is 0 Å². The molecular weight excluding hydrogens is 274 g/mol. The van der Waals surface area contributed by atoms with Gasteiger partial charge in [0.2, 0.25) is 5.91 Å². The Morgan fingerprint density at radius 2 is 1.82 bits per heavy atom. The molecule has 1 amide bonds. The SMILES string of the molecule is Cc1cccc(NC(=O)CCNc2ccccc2C#N)c1C. The molecule has 4 nitrogen and oxygen atoms in total. The van der Waals surface area contributed by atoms with Crippen LogP contribution in [-0.4, -0.2) is 12.5 Å². The van der Waals surface area contributed by atoms with Crippen LogP contribution in [0.3, 0.4) is 0 Å². The van der Waals surface area contributed by atoms with Gasteiger partial charge in [0.15, 0.2) is 0 Å². The van der Waals surface area contributed by atoms with Crippen molar-refractivity contribution in [3.63, 3.8) is 0 Å². The van der Waals surface area contributed by atoms with E-state index in [9.17, 15) is 4.79 Å². The zero-order valence-corrected chi connectivity index (χ0v) is 12.8. The van der Waals surface area contributed by atoms with Crippen molar-refractivity contribution in [1.29, 1.82) is 5.26 Å². The fourth-order valence-electron chi connectivity index (χ4n) is 2.14. The van der Waals surface area contributed by atoms with Crippen LogP contribution in [0.2, 0.25) is 0 Å². The first kappa shape index (κ1) is 15.6. The minimum absolute atomic E-state index is 0.0457. The molecule has 22 heavy (non-hydrogen) atoms. The van der Waals surface area contributed by atoms with Crippen molar-refractivity contribution < 1.29 is 4.79 Å². The van der Waals surface area contributed by atoms with Crippen molar-refractivity contribution in [3.05, 3.63) is 59.2 Å². The summed E-state index contributed by atoms with van der Waals surface area (Å²) in [6.45, 7) is 4.49. The molecule has 4 heteroatoms. The summed E-state index contributed by atoms with van der Waals surface area (Å²) >= 11 is 0. The molecule has 0 unspecified atom stereocenters. The Kier molecular flexibility index (Phi) is 5.16. The van der Waals surface area contributed by atoms with E-state index < -0.39 is 0 Å². The molecule has 2 N–H and O–H groups in total. The van der Waals surface area contributed by atoms with Crippen LogP contribution in [0.4, 0.5) is 11.4 Å².